The van der Waals surface area contributed by atoms with Crippen LogP contribution in [-0.4, -0.2) is 27.2 Å². The molecule has 3 nitrogen and oxygen atoms in total. The molecule has 0 amide bonds. The molecule has 4 heteroatoms. The molecule has 0 saturated carbocycles. The van der Waals surface area contributed by atoms with Crippen molar-refractivity contribution in [1.82, 2.24) is 0 Å². The summed E-state index contributed by atoms with van der Waals surface area (Å²) in [6.07, 6.45) is 3.80. The molecule has 168 valence electrons. The Morgan fingerprint density at radius 3 is 2.50 bits per heavy atom. The molecule has 0 spiro atoms. The second kappa shape index (κ2) is 11.4. The predicted octanol–water partition coefficient (Wildman–Crippen LogP) is 6.25. The zero-order valence-corrected chi connectivity index (χ0v) is 20.8. The molecule has 0 aliphatic heterocycles. The van der Waals surface area contributed by atoms with E-state index in [1.165, 1.54) is 33.1 Å². The average molecular weight is 448 g/mol. The van der Waals surface area contributed by atoms with E-state index in [9.17, 15) is 0 Å². The Bertz CT molecular complexity index is 1050. The van der Waals surface area contributed by atoms with Crippen LogP contribution in [0.2, 0.25) is 0 Å². The smallest absolute Gasteiger partial charge is 0.188 e. The summed E-state index contributed by atoms with van der Waals surface area (Å²) in [4.78, 5) is 4.29. The molecule has 0 aliphatic carbocycles. The van der Waals surface area contributed by atoms with Crippen LogP contribution in [0.1, 0.15) is 48.1 Å². The molecular formula is C28H34NO2P. The molecule has 2 atom stereocenters. The number of benzene rings is 3. The van der Waals surface area contributed by atoms with Gasteiger partial charge < -0.3 is 9.47 Å². The highest BCUT2D eigenvalue weighted by atomic mass is 31.1. The standard InChI is InChI=1S/C28H34NO2P/c1-6-28(3,32-26-16-15-21(2)17-24(26)19-29-4)25-14-10-13-23(27(25)31-20-30-5)18-22-11-8-7-9-12-22/h7-17,19,32H,6,18,20H2,1-5H3. The first-order chi connectivity index (χ1) is 15.5. The minimum Gasteiger partial charge on any atom is -0.467 e. The number of hydrogen-bond acceptors (Lipinski definition) is 3. The highest BCUT2D eigenvalue weighted by Crippen LogP contribution is 2.48. The van der Waals surface area contributed by atoms with Gasteiger partial charge in [0.1, 0.15) is 5.75 Å². The third-order valence-electron chi connectivity index (χ3n) is 5.84. The van der Waals surface area contributed by atoms with Crippen LogP contribution in [0.15, 0.2) is 71.7 Å². The molecule has 3 aromatic carbocycles. The molecule has 0 N–H and O–H groups in total. The zero-order valence-electron chi connectivity index (χ0n) is 19.8. The first-order valence-electron chi connectivity index (χ1n) is 11.1. The second-order valence-electron chi connectivity index (χ2n) is 8.30. The van der Waals surface area contributed by atoms with Crippen LogP contribution in [0.4, 0.5) is 0 Å². The molecule has 0 bridgehead atoms. The number of ether oxygens (including phenoxy) is 2. The van der Waals surface area contributed by atoms with Crippen LogP contribution in [0.5, 0.6) is 5.75 Å². The maximum Gasteiger partial charge on any atom is 0.188 e. The first kappa shape index (κ1) is 24.2. The van der Waals surface area contributed by atoms with Gasteiger partial charge in [0.25, 0.3) is 0 Å². The third-order valence-corrected chi connectivity index (χ3v) is 7.74. The van der Waals surface area contributed by atoms with E-state index in [4.69, 9.17) is 9.47 Å². The van der Waals surface area contributed by atoms with Crippen LogP contribution >= 0.6 is 8.58 Å². The summed E-state index contributed by atoms with van der Waals surface area (Å²) >= 11 is 0. The summed E-state index contributed by atoms with van der Waals surface area (Å²) in [6, 6.07) is 23.8. The van der Waals surface area contributed by atoms with Gasteiger partial charge >= 0.3 is 0 Å². The van der Waals surface area contributed by atoms with Gasteiger partial charge in [-0.25, -0.2) is 0 Å². The van der Waals surface area contributed by atoms with Crippen molar-refractivity contribution in [3.05, 3.63) is 94.5 Å². The quantitative estimate of drug-likeness (QED) is 0.209. The number of para-hydroxylation sites is 1. The molecular weight excluding hydrogens is 413 g/mol. The van der Waals surface area contributed by atoms with Gasteiger partial charge in [0.15, 0.2) is 6.79 Å². The van der Waals surface area contributed by atoms with E-state index < -0.39 is 0 Å². The fourth-order valence-corrected chi connectivity index (χ4v) is 5.50. The third kappa shape index (κ3) is 5.85. The summed E-state index contributed by atoms with van der Waals surface area (Å²) in [7, 11) is 4.09. The Labute approximate surface area is 194 Å². The van der Waals surface area contributed by atoms with Gasteiger partial charge in [0, 0.05) is 37.5 Å². The summed E-state index contributed by atoms with van der Waals surface area (Å²) in [6.45, 7) is 6.97. The highest BCUT2D eigenvalue weighted by molar-refractivity contribution is 7.48. The van der Waals surface area contributed by atoms with Crippen LogP contribution in [-0.2, 0) is 16.3 Å². The molecule has 0 saturated heterocycles. The van der Waals surface area contributed by atoms with Crippen LogP contribution in [0.25, 0.3) is 0 Å². The van der Waals surface area contributed by atoms with Crippen molar-refractivity contribution < 1.29 is 9.47 Å². The molecule has 0 aromatic heterocycles. The van der Waals surface area contributed by atoms with Crippen molar-refractivity contribution in [2.45, 2.75) is 38.8 Å². The molecule has 0 radical (unpaired) electrons. The van der Waals surface area contributed by atoms with E-state index in [2.05, 4.69) is 92.5 Å². The molecule has 3 aromatic rings. The van der Waals surface area contributed by atoms with E-state index in [-0.39, 0.29) is 11.9 Å². The lowest BCUT2D eigenvalue weighted by atomic mass is 9.92. The van der Waals surface area contributed by atoms with Gasteiger partial charge in [-0.2, -0.15) is 0 Å². The highest BCUT2D eigenvalue weighted by Gasteiger charge is 2.30. The molecule has 0 fully saturated rings. The van der Waals surface area contributed by atoms with Crippen molar-refractivity contribution in [3.8, 4) is 5.75 Å². The monoisotopic (exact) mass is 447 g/mol. The van der Waals surface area contributed by atoms with Gasteiger partial charge in [0.2, 0.25) is 0 Å². The fourth-order valence-electron chi connectivity index (χ4n) is 3.95. The Kier molecular flexibility index (Phi) is 8.61. The van der Waals surface area contributed by atoms with E-state index in [1.807, 2.05) is 13.3 Å². The predicted molar refractivity (Wildman–Crippen MR) is 138 cm³/mol. The minimum atomic E-state index is -0.0681. The Hall–Kier alpha value is -2.48. The molecule has 3 rings (SSSR count). The van der Waals surface area contributed by atoms with Crippen molar-refractivity contribution in [1.29, 1.82) is 0 Å². The van der Waals surface area contributed by atoms with Crippen molar-refractivity contribution in [2.24, 2.45) is 4.99 Å². The molecule has 2 unspecified atom stereocenters. The SMILES string of the molecule is CCC(C)(Pc1ccc(C)cc1C=NC)c1cccc(Cc2ccccc2)c1OCOC. The van der Waals surface area contributed by atoms with Gasteiger partial charge in [-0.15, -0.1) is 0 Å². The summed E-state index contributed by atoms with van der Waals surface area (Å²) in [5.41, 5.74) is 6.15. The average Bonchev–Trinajstić information content (AvgIpc) is 2.80. The largest absolute Gasteiger partial charge is 0.467 e. The van der Waals surface area contributed by atoms with Crippen LogP contribution in [0.3, 0.4) is 0 Å². The number of rotatable bonds is 10. The zero-order chi connectivity index (χ0) is 23.0. The first-order valence-corrected chi connectivity index (χ1v) is 12.1. The summed E-state index contributed by atoms with van der Waals surface area (Å²) < 4.78 is 11.5. The molecule has 0 heterocycles. The Balaban J connectivity index is 2.05. The summed E-state index contributed by atoms with van der Waals surface area (Å²) in [5.74, 6) is 0.952. The lowest BCUT2D eigenvalue weighted by molar-refractivity contribution is 0.0494. The van der Waals surface area contributed by atoms with Gasteiger partial charge in [-0.05, 0) is 41.4 Å². The van der Waals surface area contributed by atoms with Gasteiger partial charge in [-0.3, -0.25) is 4.99 Å². The van der Waals surface area contributed by atoms with E-state index >= 15 is 0 Å². The minimum absolute atomic E-state index is 0.0681. The van der Waals surface area contributed by atoms with E-state index in [0.717, 1.165) is 18.6 Å². The second-order valence-corrected chi connectivity index (χ2v) is 10.2. The molecule has 32 heavy (non-hydrogen) atoms. The Morgan fingerprint density at radius 1 is 1.03 bits per heavy atom. The number of aryl methyl sites for hydroxylation is 1. The maximum atomic E-state index is 6.23. The Morgan fingerprint density at radius 2 is 1.81 bits per heavy atom. The van der Waals surface area contributed by atoms with Crippen molar-refractivity contribution >= 4 is 20.1 Å². The molecule has 0 aliphatic rings. The van der Waals surface area contributed by atoms with Gasteiger partial charge in [0.05, 0.1) is 0 Å². The van der Waals surface area contributed by atoms with Crippen molar-refractivity contribution in [2.75, 3.05) is 21.0 Å². The van der Waals surface area contributed by atoms with Crippen LogP contribution < -0.4 is 10.0 Å². The number of methoxy groups -OCH3 is 1. The number of aliphatic imine (C=N–C) groups is 1. The lowest BCUT2D eigenvalue weighted by Gasteiger charge is -2.32. The number of hydrogen-bond donors (Lipinski definition) is 0. The van der Waals surface area contributed by atoms with E-state index in [1.54, 1.807) is 7.11 Å². The maximum absolute atomic E-state index is 6.23. The van der Waals surface area contributed by atoms with Gasteiger partial charge in [-0.1, -0.05) is 88.7 Å². The van der Waals surface area contributed by atoms with Crippen LogP contribution in [0, 0.1) is 6.92 Å². The van der Waals surface area contributed by atoms with Crippen molar-refractivity contribution in [3.63, 3.8) is 0 Å². The topological polar surface area (TPSA) is 30.8 Å². The summed E-state index contributed by atoms with van der Waals surface area (Å²) in [5, 5.41) is 1.26. The lowest BCUT2D eigenvalue weighted by Crippen LogP contribution is -2.22. The normalized spacial score (nSPS) is 13.7. The fraction of sp³-hybridized carbons (Fsp3) is 0.321. The number of nitrogens with zero attached hydrogens (tertiary/aromatic N) is 1. The van der Waals surface area contributed by atoms with E-state index in [0.29, 0.717) is 8.58 Å².